The Balaban J connectivity index is 5.29. The molecular formula is C19H34N4O7. The number of carbonyl (C=O) groups excluding carboxylic acids is 3. The fourth-order valence-corrected chi connectivity index (χ4v) is 2.52. The Hall–Kier alpha value is -2.69. The molecular weight excluding hydrogens is 396 g/mol. The van der Waals surface area contributed by atoms with Crippen molar-refractivity contribution in [3.63, 3.8) is 0 Å². The SMILES string of the molecule is CCC(C)C(NC(=O)C(NC(=O)C(N)CCC(=O)O)C(C)C)C(=O)NC(C)C(=O)O. The van der Waals surface area contributed by atoms with Gasteiger partial charge in [0.15, 0.2) is 0 Å². The summed E-state index contributed by atoms with van der Waals surface area (Å²) < 4.78 is 0. The lowest BCUT2D eigenvalue weighted by atomic mass is 9.96. The van der Waals surface area contributed by atoms with E-state index in [-0.39, 0.29) is 24.7 Å². The van der Waals surface area contributed by atoms with Crippen molar-refractivity contribution >= 4 is 29.7 Å². The van der Waals surface area contributed by atoms with Gasteiger partial charge in [-0.15, -0.1) is 0 Å². The molecule has 0 fully saturated rings. The predicted molar refractivity (Wildman–Crippen MR) is 108 cm³/mol. The summed E-state index contributed by atoms with van der Waals surface area (Å²) >= 11 is 0. The number of aliphatic carboxylic acids is 2. The van der Waals surface area contributed by atoms with Crippen LogP contribution in [-0.4, -0.2) is 64.0 Å². The van der Waals surface area contributed by atoms with Crippen molar-refractivity contribution in [1.29, 1.82) is 0 Å². The molecule has 5 unspecified atom stereocenters. The molecule has 0 aromatic carbocycles. The fraction of sp³-hybridized carbons (Fsp3) is 0.737. The van der Waals surface area contributed by atoms with Crippen LogP contribution in [0.4, 0.5) is 0 Å². The molecule has 0 bridgehead atoms. The molecule has 7 N–H and O–H groups in total. The number of carboxylic acid groups (broad SMARTS) is 2. The minimum Gasteiger partial charge on any atom is -0.481 e. The Morgan fingerprint density at radius 2 is 1.33 bits per heavy atom. The number of nitrogens with one attached hydrogen (secondary N) is 3. The molecule has 172 valence electrons. The van der Waals surface area contributed by atoms with Gasteiger partial charge in [0.05, 0.1) is 6.04 Å². The zero-order valence-corrected chi connectivity index (χ0v) is 18.1. The number of hydrogen-bond donors (Lipinski definition) is 6. The first-order valence-electron chi connectivity index (χ1n) is 9.93. The van der Waals surface area contributed by atoms with E-state index >= 15 is 0 Å². The van der Waals surface area contributed by atoms with Crippen LogP contribution < -0.4 is 21.7 Å². The molecule has 0 aromatic rings. The first-order chi connectivity index (χ1) is 13.8. The highest BCUT2D eigenvalue weighted by atomic mass is 16.4. The Morgan fingerprint density at radius 1 is 0.833 bits per heavy atom. The Labute approximate surface area is 176 Å². The van der Waals surface area contributed by atoms with Crippen LogP contribution >= 0.6 is 0 Å². The van der Waals surface area contributed by atoms with Gasteiger partial charge >= 0.3 is 11.9 Å². The van der Waals surface area contributed by atoms with Crippen molar-refractivity contribution in [2.75, 3.05) is 0 Å². The summed E-state index contributed by atoms with van der Waals surface area (Å²) in [5, 5.41) is 25.1. The minimum absolute atomic E-state index is 0.0847. The lowest BCUT2D eigenvalue weighted by Gasteiger charge is -2.29. The number of amides is 3. The third kappa shape index (κ3) is 9.21. The third-order valence-corrected chi connectivity index (χ3v) is 4.78. The van der Waals surface area contributed by atoms with Crippen molar-refractivity contribution in [2.45, 2.75) is 78.0 Å². The molecule has 0 radical (unpaired) electrons. The highest BCUT2D eigenvalue weighted by molar-refractivity contribution is 5.94. The van der Waals surface area contributed by atoms with Crippen LogP contribution in [0.15, 0.2) is 0 Å². The molecule has 0 aliphatic rings. The molecule has 0 heterocycles. The van der Waals surface area contributed by atoms with E-state index in [9.17, 15) is 24.0 Å². The maximum absolute atomic E-state index is 12.8. The first kappa shape index (κ1) is 27.3. The first-order valence-corrected chi connectivity index (χ1v) is 9.93. The van der Waals surface area contributed by atoms with E-state index in [1.807, 2.05) is 6.92 Å². The molecule has 0 aromatic heterocycles. The topological polar surface area (TPSA) is 188 Å². The molecule has 11 nitrogen and oxygen atoms in total. The average molecular weight is 431 g/mol. The van der Waals surface area contributed by atoms with Crippen LogP contribution in [0.5, 0.6) is 0 Å². The summed E-state index contributed by atoms with van der Waals surface area (Å²) in [6.07, 6.45) is 0.169. The molecule has 0 aliphatic carbocycles. The van der Waals surface area contributed by atoms with Gasteiger partial charge < -0.3 is 31.9 Å². The molecule has 5 atom stereocenters. The van der Waals surface area contributed by atoms with E-state index in [0.29, 0.717) is 6.42 Å². The zero-order valence-electron chi connectivity index (χ0n) is 18.1. The second-order valence-corrected chi connectivity index (χ2v) is 7.71. The summed E-state index contributed by atoms with van der Waals surface area (Å²) in [6, 6.07) is -4.23. The van der Waals surface area contributed by atoms with Crippen molar-refractivity contribution < 1.29 is 34.2 Å². The van der Waals surface area contributed by atoms with Gasteiger partial charge in [-0.25, -0.2) is 0 Å². The van der Waals surface area contributed by atoms with Crippen LogP contribution in [0.2, 0.25) is 0 Å². The Kier molecular flexibility index (Phi) is 11.6. The second kappa shape index (κ2) is 12.8. The largest absolute Gasteiger partial charge is 0.481 e. The Bertz CT molecular complexity index is 638. The molecule has 11 heteroatoms. The molecule has 0 rings (SSSR count). The maximum atomic E-state index is 12.8. The number of nitrogens with two attached hydrogens (primary N) is 1. The molecule has 0 saturated carbocycles. The van der Waals surface area contributed by atoms with Crippen LogP contribution in [0.1, 0.15) is 53.9 Å². The molecule has 0 spiro atoms. The van der Waals surface area contributed by atoms with Crippen LogP contribution in [0, 0.1) is 11.8 Å². The van der Waals surface area contributed by atoms with Crippen molar-refractivity contribution in [3.8, 4) is 0 Å². The summed E-state index contributed by atoms with van der Waals surface area (Å²) in [4.78, 5) is 59.2. The van der Waals surface area contributed by atoms with E-state index in [4.69, 9.17) is 15.9 Å². The fourth-order valence-electron chi connectivity index (χ4n) is 2.52. The van der Waals surface area contributed by atoms with Gasteiger partial charge in [0.25, 0.3) is 0 Å². The zero-order chi connectivity index (χ0) is 23.6. The van der Waals surface area contributed by atoms with Gasteiger partial charge in [0, 0.05) is 6.42 Å². The van der Waals surface area contributed by atoms with Gasteiger partial charge in [-0.2, -0.15) is 0 Å². The molecule has 0 saturated heterocycles. The van der Waals surface area contributed by atoms with E-state index in [1.165, 1.54) is 6.92 Å². The van der Waals surface area contributed by atoms with Gasteiger partial charge in [-0.3, -0.25) is 24.0 Å². The van der Waals surface area contributed by atoms with Crippen molar-refractivity contribution in [1.82, 2.24) is 16.0 Å². The van der Waals surface area contributed by atoms with E-state index in [1.54, 1.807) is 20.8 Å². The lowest BCUT2D eigenvalue weighted by Crippen LogP contribution is -2.59. The number of carbonyl (C=O) groups is 5. The number of hydrogen-bond acceptors (Lipinski definition) is 6. The normalized spacial score (nSPS) is 16.0. The highest BCUT2D eigenvalue weighted by Gasteiger charge is 2.33. The van der Waals surface area contributed by atoms with Crippen molar-refractivity contribution in [2.24, 2.45) is 17.6 Å². The summed E-state index contributed by atoms with van der Waals surface area (Å²) in [7, 11) is 0. The number of carboxylic acids is 2. The van der Waals surface area contributed by atoms with E-state index < -0.39 is 53.8 Å². The van der Waals surface area contributed by atoms with E-state index in [0.717, 1.165) is 0 Å². The van der Waals surface area contributed by atoms with Gasteiger partial charge in [-0.1, -0.05) is 34.1 Å². The summed E-state index contributed by atoms with van der Waals surface area (Å²) in [6.45, 7) is 8.25. The monoisotopic (exact) mass is 430 g/mol. The summed E-state index contributed by atoms with van der Waals surface area (Å²) in [5.74, 6) is -4.87. The quantitative estimate of drug-likeness (QED) is 0.224. The van der Waals surface area contributed by atoms with Gasteiger partial charge in [0.1, 0.15) is 18.1 Å². The van der Waals surface area contributed by atoms with Gasteiger partial charge in [0.2, 0.25) is 17.7 Å². The maximum Gasteiger partial charge on any atom is 0.325 e. The van der Waals surface area contributed by atoms with E-state index in [2.05, 4.69) is 16.0 Å². The average Bonchev–Trinajstić information content (AvgIpc) is 2.66. The van der Waals surface area contributed by atoms with Crippen LogP contribution in [0.3, 0.4) is 0 Å². The highest BCUT2D eigenvalue weighted by Crippen LogP contribution is 2.11. The standard InChI is InChI=1S/C19H34N4O7/c1-6-10(4)15(18(28)21-11(5)19(29)30)23-17(27)14(9(2)3)22-16(26)12(20)7-8-13(24)25/h9-12,14-15H,6-8,20H2,1-5H3,(H,21,28)(H,22,26)(H,23,27)(H,24,25)(H,29,30). The third-order valence-electron chi connectivity index (χ3n) is 4.78. The van der Waals surface area contributed by atoms with Gasteiger partial charge in [-0.05, 0) is 25.2 Å². The number of rotatable bonds is 13. The minimum atomic E-state index is -1.21. The predicted octanol–water partition coefficient (Wildman–Crippen LogP) is -0.560. The van der Waals surface area contributed by atoms with Crippen molar-refractivity contribution in [3.05, 3.63) is 0 Å². The van der Waals surface area contributed by atoms with Crippen LogP contribution in [0.25, 0.3) is 0 Å². The molecule has 3 amide bonds. The lowest BCUT2D eigenvalue weighted by molar-refractivity contribution is -0.142. The van der Waals surface area contributed by atoms with Crippen LogP contribution in [-0.2, 0) is 24.0 Å². The second-order valence-electron chi connectivity index (χ2n) is 7.71. The summed E-state index contributed by atoms with van der Waals surface area (Å²) in [5.41, 5.74) is 5.69. The molecule has 30 heavy (non-hydrogen) atoms. The Morgan fingerprint density at radius 3 is 1.77 bits per heavy atom. The smallest absolute Gasteiger partial charge is 0.325 e. The molecule has 0 aliphatic heterocycles.